The standard InChI is InChI=1S/C10H13N3O3/c1-6(14)11-7-2-3-9-12-8(10(15)16)5-13(9)4-7/h5,7H,2-4H2,1H3,(H,11,14)(H,15,16). The third-order valence-electron chi connectivity index (χ3n) is 2.62. The second-order valence-electron chi connectivity index (χ2n) is 3.94. The van der Waals surface area contributed by atoms with Gasteiger partial charge in [-0.3, -0.25) is 4.79 Å². The van der Waals surface area contributed by atoms with E-state index in [4.69, 9.17) is 5.11 Å². The molecule has 1 unspecified atom stereocenters. The van der Waals surface area contributed by atoms with Gasteiger partial charge in [0.2, 0.25) is 5.91 Å². The third kappa shape index (κ3) is 2.05. The molecule has 16 heavy (non-hydrogen) atoms. The zero-order chi connectivity index (χ0) is 11.7. The van der Waals surface area contributed by atoms with Gasteiger partial charge in [-0.1, -0.05) is 0 Å². The fourth-order valence-corrected chi connectivity index (χ4v) is 1.95. The highest BCUT2D eigenvalue weighted by Crippen LogP contribution is 2.15. The lowest BCUT2D eigenvalue weighted by Gasteiger charge is -2.23. The van der Waals surface area contributed by atoms with Gasteiger partial charge in [0, 0.05) is 32.1 Å². The molecule has 0 radical (unpaired) electrons. The van der Waals surface area contributed by atoms with Crippen LogP contribution in [0.1, 0.15) is 29.7 Å². The summed E-state index contributed by atoms with van der Waals surface area (Å²) in [5.41, 5.74) is 0.0680. The molecule has 1 aliphatic rings. The zero-order valence-electron chi connectivity index (χ0n) is 8.93. The van der Waals surface area contributed by atoms with Gasteiger partial charge in [-0.2, -0.15) is 0 Å². The van der Waals surface area contributed by atoms with Crippen LogP contribution in [-0.4, -0.2) is 32.6 Å². The molecule has 1 aliphatic heterocycles. The number of carboxylic acid groups (broad SMARTS) is 1. The van der Waals surface area contributed by atoms with E-state index in [1.807, 2.05) is 0 Å². The highest BCUT2D eigenvalue weighted by molar-refractivity contribution is 5.85. The van der Waals surface area contributed by atoms with Crippen LogP contribution in [0.4, 0.5) is 0 Å². The number of carbonyl (C=O) groups is 2. The molecule has 2 rings (SSSR count). The molecular weight excluding hydrogens is 210 g/mol. The van der Waals surface area contributed by atoms with Crippen molar-refractivity contribution in [2.24, 2.45) is 0 Å². The molecular formula is C10H13N3O3. The lowest BCUT2D eigenvalue weighted by atomic mass is 10.1. The van der Waals surface area contributed by atoms with Crippen molar-refractivity contribution in [1.82, 2.24) is 14.9 Å². The summed E-state index contributed by atoms with van der Waals surface area (Å²) in [6.45, 7) is 2.07. The van der Waals surface area contributed by atoms with Crippen molar-refractivity contribution in [2.45, 2.75) is 32.4 Å². The molecule has 86 valence electrons. The largest absolute Gasteiger partial charge is 0.476 e. The molecule has 6 heteroatoms. The van der Waals surface area contributed by atoms with E-state index in [1.54, 1.807) is 4.57 Å². The summed E-state index contributed by atoms with van der Waals surface area (Å²) in [6, 6.07) is 0.0702. The van der Waals surface area contributed by atoms with Gasteiger partial charge in [0.15, 0.2) is 5.69 Å². The number of nitrogens with one attached hydrogen (secondary N) is 1. The topological polar surface area (TPSA) is 84.2 Å². The number of aryl methyl sites for hydroxylation is 1. The van der Waals surface area contributed by atoms with Crippen molar-refractivity contribution in [2.75, 3.05) is 0 Å². The summed E-state index contributed by atoms with van der Waals surface area (Å²) in [5.74, 6) is -0.302. The first-order valence-electron chi connectivity index (χ1n) is 5.12. The number of hydrogen-bond donors (Lipinski definition) is 2. The van der Waals surface area contributed by atoms with Crippen LogP contribution in [0.15, 0.2) is 6.20 Å². The van der Waals surface area contributed by atoms with E-state index in [-0.39, 0.29) is 17.6 Å². The molecule has 6 nitrogen and oxygen atoms in total. The Balaban J connectivity index is 2.14. The van der Waals surface area contributed by atoms with Gasteiger partial charge >= 0.3 is 5.97 Å². The van der Waals surface area contributed by atoms with Gasteiger partial charge in [-0.25, -0.2) is 9.78 Å². The van der Waals surface area contributed by atoms with E-state index >= 15 is 0 Å². The van der Waals surface area contributed by atoms with E-state index < -0.39 is 5.97 Å². The lowest BCUT2D eigenvalue weighted by Crippen LogP contribution is -2.39. The Hall–Kier alpha value is -1.85. The monoisotopic (exact) mass is 223 g/mol. The summed E-state index contributed by atoms with van der Waals surface area (Å²) >= 11 is 0. The summed E-state index contributed by atoms with van der Waals surface area (Å²) in [5, 5.41) is 11.6. The number of aromatic carboxylic acids is 1. The molecule has 0 aromatic carbocycles. The summed E-state index contributed by atoms with van der Waals surface area (Å²) in [7, 11) is 0. The summed E-state index contributed by atoms with van der Waals surface area (Å²) in [6.07, 6.45) is 3.01. The van der Waals surface area contributed by atoms with Crippen molar-refractivity contribution < 1.29 is 14.7 Å². The van der Waals surface area contributed by atoms with Gasteiger partial charge in [0.1, 0.15) is 5.82 Å². The fourth-order valence-electron chi connectivity index (χ4n) is 1.95. The lowest BCUT2D eigenvalue weighted by molar-refractivity contribution is -0.119. The fraction of sp³-hybridized carbons (Fsp3) is 0.500. The van der Waals surface area contributed by atoms with Gasteiger partial charge in [-0.15, -0.1) is 0 Å². The Morgan fingerprint density at radius 2 is 2.38 bits per heavy atom. The molecule has 1 amide bonds. The van der Waals surface area contributed by atoms with E-state index in [1.165, 1.54) is 13.1 Å². The SMILES string of the molecule is CC(=O)NC1CCc2nc(C(=O)O)cn2C1. The minimum atomic E-state index is -1.02. The molecule has 0 spiro atoms. The number of nitrogens with zero attached hydrogens (tertiary/aromatic N) is 2. The van der Waals surface area contributed by atoms with Gasteiger partial charge < -0.3 is 15.0 Å². The highest BCUT2D eigenvalue weighted by Gasteiger charge is 2.22. The molecule has 2 N–H and O–H groups in total. The van der Waals surface area contributed by atoms with Crippen LogP contribution >= 0.6 is 0 Å². The van der Waals surface area contributed by atoms with Crippen LogP contribution < -0.4 is 5.32 Å². The molecule has 0 aliphatic carbocycles. The first-order valence-corrected chi connectivity index (χ1v) is 5.12. The molecule has 1 aromatic rings. The number of carbonyl (C=O) groups excluding carboxylic acids is 1. The van der Waals surface area contributed by atoms with Crippen LogP contribution in [0.3, 0.4) is 0 Å². The van der Waals surface area contributed by atoms with Gasteiger partial charge in [0.05, 0.1) is 0 Å². The maximum absolute atomic E-state index is 10.9. The maximum atomic E-state index is 10.9. The molecule has 0 fully saturated rings. The minimum Gasteiger partial charge on any atom is -0.476 e. The molecule has 1 atom stereocenters. The second kappa shape index (κ2) is 3.96. The van der Waals surface area contributed by atoms with Gasteiger partial charge in [0.25, 0.3) is 0 Å². The van der Waals surface area contributed by atoms with Crippen LogP contribution in [0.5, 0.6) is 0 Å². The average molecular weight is 223 g/mol. The molecule has 2 heterocycles. The summed E-state index contributed by atoms with van der Waals surface area (Å²) in [4.78, 5) is 25.7. The van der Waals surface area contributed by atoms with Crippen molar-refractivity contribution in [3.63, 3.8) is 0 Å². The Morgan fingerprint density at radius 1 is 1.62 bits per heavy atom. The van der Waals surface area contributed by atoms with E-state index in [0.717, 1.165) is 12.2 Å². The number of amides is 1. The number of imidazole rings is 1. The zero-order valence-corrected chi connectivity index (χ0v) is 8.93. The maximum Gasteiger partial charge on any atom is 0.356 e. The van der Waals surface area contributed by atoms with Crippen LogP contribution in [-0.2, 0) is 17.8 Å². The quantitative estimate of drug-likeness (QED) is 0.741. The van der Waals surface area contributed by atoms with Crippen molar-refractivity contribution in [1.29, 1.82) is 0 Å². The van der Waals surface area contributed by atoms with Crippen LogP contribution in [0.25, 0.3) is 0 Å². The van der Waals surface area contributed by atoms with E-state index in [2.05, 4.69) is 10.3 Å². The van der Waals surface area contributed by atoms with Crippen LogP contribution in [0, 0.1) is 0 Å². The Bertz CT molecular complexity index is 439. The summed E-state index contributed by atoms with van der Waals surface area (Å²) < 4.78 is 1.80. The van der Waals surface area contributed by atoms with Crippen molar-refractivity contribution in [3.05, 3.63) is 17.7 Å². The normalized spacial score (nSPS) is 18.9. The van der Waals surface area contributed by atoms with Crippen LogP contribution in [0.2, 0.25) is 0 Å². The molecule has 0 saturated heterocycles. The number of carboxylic acids is 1. The predicted octanol–water partition coefficient (Wildman–Crippen LogP) is 0.0322. The minimum absolute atomic E-state index is 0.0629. The Kier molecular flexibility index (Phi) is 2.64. The molecule has 0 bridgehead atoms. The average Bonchev–Trinajstić information content (AvgIpc) is 2.59. The first-order chi connectivity index (χ1) is 7.56. The predicted molar refractivity (Wildman–Crippen MR) is 55.1 cm³/mol. The third-order valence-corrected chi connectivity index (χ3v) is 2.62. The van der Waals surface area contributed by atoms with Crippen molar-refractivity contribution >= 4 is 11.9 Å². The van der Waals surface area contributed by atoms with Crippen molar-refractivity contribution in [3.8, 4) is 0 Å². The Labute approximate surface area is 92.3 Å². The number of aromatic nitrogens is 2. The Morgan fingerprint density at radius 3 is 3.00 bits per heavy atom. The first kappa shape index (κ1) is 10.7. The van der Waals surface area contributed by atoms with E-state index in [9.17, 15) is 9.59 Å². The highest BCUT2D eigenvalue weighted by atomic mass is 16.4. The second-order valence-corrected chi connectivity index (χ2v) is 3.94. The molecule has 0 saturated carbocycles. The number of hydrogen-bond acceptors (Lipinski definition) is 3. The number of rotatable bonds is 2. The smallest absolute Gasteiger partial charge is 0.356 e. The number of fused-ring (bicyclic) bond motifs is 1. The van der Waals surface area contributed by atoms with Gasteiger partial charge in [-0.05, 0) is 6.42 Å². The molecule has 1 aromatic heterocycles. The van der Waals surface area contributed by atoms with E-state index in [0.29, 0.717) is 13.0 Å².